The van der Waals surface area contributed by atoms with Crippen LogP contribution in [0, 0.1) is 5.82 Å². The summed E-state index contributed by atoms with van der Waals surface area (Å²) in [5.74, 6) is 0.141. The Morgan fingerprint density at radius 1 is 1.32 bits per heavy atom. The summed E-state index contributed by atoms with van der Waals surface area (Å²) in [6.07, 6.45) is 3.46. The van der Waals surface area contributed by atoms with Gasteiger partial charge in [-0.3, -0.25) is 4.79 Å². The quantitative estimate of drug-likeness (QED) is 0.891. The summed E-state index contributed by atoms with van der Waals surface area (Å²) in [5, 5.41) is 3.11. The van der Waals surface area contributed by atoms with Crippen LogP contribution in [-0.2, 0) is 9.53 Å². The van der Waals surface area contributed by atoms with Gasteiger partial charge in [0.25, 0.3) is 0 Å². The van der Waals surface area contributed by atoms with Crippen molar-refractivity contribution in [1.82, 2.24) is 5.32 Å². The molecule has 0 radical (unpaired) electrons. The third kappa shape index (κ3) is 4.69. The molecular formula is C20H24FNO3. The highest BCUT2D eigenvalue weighted by molar-refractivity contribution is 5.77. The monoisotopic (exact) mass is 345 g/mol. The lowest BCUT2D eigenvalue weighted by Gasteiger charge is -2.36. The molecule has 0 unspecified atom stereocenters. The van der Waals surface area contributed by atoms with Crippen LogP contribution < -0.4 is 5.32 Å². The summed E-state index contributed by atoms with van der Waals surface area (Å²) in [4.78, 5) is 12.6. The van der Waals surface area contributed by atoms with Crippen LogP contribution in [-0.4, -0.2) is 24.2 Å². The molecule has 1 saturated heterocycles. The third-order valence-corrected chi connectivity index (χ3v) is 4.61. The van der Waals surface area contributed by atoms with E-state index < -0.39 is 0 Å². The van der Waals surface area contributed by atoms with Gasteiger partial charge < -0.3 is 14.5 Å². The lowest BCUT2D eigenvalue weighted by molar-refractivity contribution is -0.124. The molecule has 134 valence electrons. The van der Waals surface area contributed by atoms with Gasteiger partial charge in [-0.15, -0.1) is 0 Å². The van der Waals surface area contributed by atoms with Crippen molar-refractivity contribution in [3.63, 3.8) is 0 Å². The lowest BCUT2D eigenvalue weighted by Crippen LogP contribution is -2.46. The van der Waals surface area contributed by atoms with Crippen LogP contribution >= 0.6 is 0 Å². The number of furan rings is 1. The van der Waals surface area contributed by atoms with Crippen LogP contribution in [0.1, 0.15) is 50.4 Å². The molecule has 4 nitrogen and oxygen atoms in total. The average molecular weight is 345 g/mol. The van der Waals surface area contributed by atoms with Crippen LogP contribution in [0.3, 0.4) is 0 Å². The van der Waals surface area contributed by atoms with Gasteiger partial charge in [-0.25, -0.2) is 4.39 Å². The van der Waals surface area contributed by atoms with E-state index in [9.17, 15) is 9.18 Å². The second kappa shape index (κ2) is 7.40. The van der Waals surface area contributed by atoms with Gasteiger partial charge in [-0.05, 0) is 56.5 Å². The molecule has 1 aromatic heterocycles. The highest BCUT2D eigenvalue weighted by Gasteiger charge is 2.30. The normalized spacial score (nSPS) is 20.8. The Morgan fingerprint density at radius 3 is 2.72 bits per heavy atom. The van der Waals surface area contributed by atoms with Crippen molar-refractivity contribution in [2.24, 2.45) is 0 Å². The van der Waals surface area contributed by atoms with E-state index in [0.29, 0.717) is 12.4 Å². The van der Waals surface area contributed by atoms with Crippen molar-refractivity contribution >= 4 is 5.91 Å². The zero-order valence-corrected chi connectivity index (χ0v) is 14.6. The maximum Gasteiger partial charge on any atom is 0.221 e. The number of benzene rings is 1. The fraction of sp³-hybridized carbons (Fsp3) is 0.450. The van der Waals surface area contributed by atoms with E-state index in [-0.39, 0.29) is 35.7 Å². The first-order valence-corrected chi connectivity index (χ1v) is 8.65. The fourth-order valence-electron chi connectivity index (χ4n) is 3.39. The Labute approximate surface area is 147 Å². The molecule has 1 aliphatic rings. The van der Waals surface area contributed by atoms with Crippen LogP contribution in [0.2, 0.25) is 0 Å². The van der Waals surface area contributed by atoms with Crippen LogP contribution in [0.4, 0.5) is 4.39 Å². The summed E-state index contributed by atoms with van der Waals surface area (Å²) < 4.78 is 24.4. The van der Waals surface area contributed by atoms with Gasteiger partial charge in [0, 0.05) is 19.1 Å². The Kier molecular flexibility index (Phi) is 5.23. The van der Waals surface area contributed by atoms with Crippen molar-refractivity contribution in [2.75, 3.05) is 6.61 Å². The number of hydrogen-bond acceptors (Lipinski definition) is 3. The molecule has 0 saturated carbocycles. The minimum atomic E-state index is -0.296. The number of hydrogen-bond donors (Lipinski definition) is 1. The molecule has 1 N–H and O–H groups in total. The van der Waals surface area contributed by atoms with Crippen molar-refractivity contribution in [1.29, 1.82) is 0 Å². The number of amides is 1. The summed E-state index contributed by atoms with van der Waals surface area (Å²) >= 11 is 0. The minimum absolute atomic E-state index is 0.0339. The maximum absolute atomic E-state index is 13.2. The van der Waals surface area contributed by atoms with Gasteiger partial charge in [-0.2, -0.15) is 0 Å². The molecule has 2 atom stereocenters. The Morgan fingerprint density at radius 2 is 2.08 bits per heavy atom. The van der Waals surface area contributed by atoms with E-state index in [1.54, 1.807) is 24.5 Å². The topological polar surface area (TPSA) is 51.5 Å². The van der Waals surface area contributed by atoms with Crippen molar-refractivity contribution in [2.45, 2.75) is 50.7 Å². The van der Waals surface area contributed by atoms with Gasteiger partial charge in [0.15, 0.2) is 0 Å². The molecule has 2 heterocycles. The van der Waals surface area contributed by atoms with E-state index in [1.807, 2.05) is 19.9 Å². The first-order chi connectivity index (χ1) is 11.9. The fourth-order valence-corrected chi connectivity index (χ4v) is 3.39. The first-order valence-electron chi connectivity index (χ1n) is 8.65. The van der Waals surface area contributed by atoms with Gasteiger partial charge in [0.05, 0.1) is 17.8 Å². The van der Waals surface area contributed by atoms with Crippen molar-refractivity contribution in [3.05, 3.63) is 59.8 Å². The molecular weight excluding hydrogens is 321 g/mol. The van der Waals surface area contributed by atoms with Gasteiger partial charge in [0.2, 0.25) is 5.91 Å². The predicted octanol–water partition coefficient (Wildman–Crippen LogP) is 4.01. The maximum atomic E-state index is 13.2. The highest BCUT2D eigenvalue weighted by Crippen LogP contribution is 2.29. The average Bonchev–Trinajstić information content (AvgIpc) is 3.07. The van der Waals surface area contributed by atoms with E-state index in [0.717, 1.165) is 18.4 Å². The molecule has 0 spiro atoms. The number of rotatable bonds is 5. The van der Waals surface area contributed by atoms with Crippen LogP contribution in [0.5, 0.6) is 0 Å². The summed E-state index contributed by atoms with van der Waals surface area (Å²) in [6, 6.07) is 9.97. The summed E-state index contributed by atoms with van der Waals surface area (Å²) in [5.41, 5.74) is 0.645. The zero-order valence-electron chi connectivity index (χ0n) is 14.6. The SMILES string of the molecule is CC1(C)C[C@@H](NC(=O)C[C@@H](c2ccc(F)cc2)c2ccco2)CCO1. The number of ether oxygens (including phenoxy) is 1. The third-order valence-electron chi connectivity index (χ3n) is 4.61. The molecule has 1 fully saturated rings. The Hall–Kier alpha value is -2.14. The van der Waals surface area contributed by atoms with Crippen LogP contribution in [0.15, 0.2) is 47.1 Å². The number of nitrogens with one attached hydrogen (secondary N) is 1. The largest absolute Gasteiger partial charge is 0.469 e. The molecule has 2 aromatic rings. The smallest absolute Gasteiger partial charge is 0.221 e. The van der Waals surface area contributed by atoms with Crippen molar-refractivity contribution in [3.8, 4) is 0 Å². The standard InChI is InChI=1S/C20H24FNO3/c1-20(2)13-16(9-11-25-20)22-19(23)12-17(18-4-3-10-24-18)14-5-7-15(21)8-6-14/h3-8,10,16-17H,9,11-13H2,1-2H3,(H,22,23)/t16-,17-/m0/s1. The first kappa shape index (κ1) is 17.7. The number of halogens is 1. The summed E-state index contributed by atoms with van der Waals surface area (Å²) in [6.45, 7) is 4.72. The second-order valence-electron chi connectivity index (χ2n) is 7.19. The van der Waals surface area contributed by atoms with E-state index >= 15 is 0 Å². The Balaban J connectivity index is 1.70. The van der Waals surface area contributed by atoms with Crippen LogP contribution in [0.25, 0.3) is 0 Å². The second-order valence-corrected chi connectivity index (χ2v) is 7.19. The van der Waals surface area contributed by atoms with E-state index in [1.165, 1.54) is 12.1 Å². The number of carbonyl (C=O) groups is 1. The molecule has 1 aromatic carbocycles. The van der Waals surface area contributed by atoms with Gasteiger partial charge in [-0.1, -0.05) is 12.1 Å². The predicted molar refractivity (Wildman–Crippen MR) is 92.8 cm³/mol. The lowest BCUT2D eigenvalue weighted by atomic mass is 9.91. The molecule has 25 heavy (non-hydrogen) atoms. The van der Waals surface area contributed by atoms with Gasteiger partial charge in [0.1, 0.15) is 11.6 Å². The van der Waals surface area contributed by atoms with Crippen molar-refractivity contribution < 1.29 is 18.3 Å². The molecule has 3 rings (SSSR count). The molecule has 1 aliphatic heterocycles. The highest BCUT2D eigenvalue weighted by atomic mass is 19.1. The van der Waals surface area contributed by atoms with Gasteiger partial charge >= 0.3 is 0 Å². The molecule has 5 heteroatoms. The number of carbonyl (C=O) groups excluding carboxylic acids is 1. The van der Waals surface area contributed by atoms with E-state index in [2.05, 4.69) is 5.32 Å². The molecule has 1 amide bonds. The zero-order chi connectivity index (χ0) is 17.9. The summed E-state index contributed by atoms with van der Waals surface area (Å²) in [7, 11) is 0. The molecule has 0 aliphatic carbocycles. The molecule has 0 bridgehead atoms. The minimum Gasteiger partial charge on any atom is -0.469 e. The van der Waals surface area contributed by atoms with E-state index in [4.69, 9.17) is 9.15 Å². The Bertz CT molecular complexity index is 694.